The molecule has 1 unspecified atom stereocenters. The van der Waals surface area contributed by atoms with Gasteiger partial charge in [0.2, 0.25) is 6.79 Å². The summed E-state index contributed by atoms with van der Waals surface area (Å²) in [5, 5.41) is 0.896. The second kappa shape index (κ2) is 6.95. The summed E-state index contributed by atoms with van der Waals surface area (Å²) in [4.78, 5) is 20.4. The Morgan fingerprint density at radius 3 is 2.82 bits per heavy atom. The standard InChI is InChI=1S/C22H20N2O3S/c1-14-20(28-21(23-14)15-5-3-2-4-6-15)22(25)24-10-9-17(12-24)16-7-8-18-19(11-16)27-13-26-18/h2-8,11,17H,9-10,12-13H2,1H3. The van der Waals surface area contributed by atoms with Crippen LogP contribution in [0.5, 0.6) is 11.5 Å². The molecular formula is C22H20N2O3S. The third kappa shape index (κ3) is 3.03. The van der Waals surface area contributed by atoms with Crippen molar-refractivity contribution in [1.29, 1.82) is 0 Å². The monoisotopic (exact) mass is 392 g/mol. The molecule has 28 heavy (non-hydrogen) atoms. The molecule has 0 radical (unpaired) electrons. The number of hydrogen-bond acceptors (Lipinski definition) is 5. The highest BCUT2D eigenvalue weighted by atomic mass is 32.1. The number of ether oxygens (including phenoxy) is 2. The van der Waals surface area contributed by atoms with Crippen LogP contribution in [-0.4, -0.2) is 35.7 Å². The van der Waals surface area contributed by atoms with Gasteiger partial charge >= 0.3 is 0 Å². The number of carbonyl (C=O) groups is 1. The number of hydrogen-bond donors (Lipinski definition) is 0. The minimum atomic E-state index is 0.0837. The molecule has 2 aliphatic rings. The topological polar surface area (TPSA) is 51.7 Å². The molecule has 0 spiro atoms. The van der Waals surface area contributed by atoms with Gasteiger partial charge in [0.15, 0.2) is 11.5 Å². The van der Waals surface area contributed by atoms with E-state index in [1.807, 2.05) is 54.3 Å². The molecule has 0 N–H and O–H groups in total. The van der Waals surface area contributed by atoms with E-state index < -0.39 is 0 Å². The highest BCUT2D eigenvalue weighted by molar-refractivity contribution is 7.17. The molecule has 5 nitrogen and oxygen atoms in total. The average Bonchev–Trinajstić information content (AvgIpc) is 3.47. The zero-order valence-corrected chi connectivity index (χ0v) is 16.4. The van der Waals surface area contributed by atoms with Crippen molar-refractivity contribution in [3.8, 4) is 22.1 Å². The summed E-state index contributed by atoms with van der Waals surface area (Å²) in [6, 6.07) is 16.1. The van der Waals surface area contributed by atoms with Crippen molar-refractivity contribution in [2.75, 3.05) is 19.9 Å². The Balaban J connectivity index is 1.34. The summed E-state index contributed by atoms with van der Waals surface area (Å²) in [6.07, 6.45) is 0.953. The molecule has 1 fully saturated rings. The molecule has 5 rings (SSSR count). The van der Waals surface area contributed by atoms with Crippen molar-refractivity contribution in [3.05, 3.63) is 64.7 Å². The number of nitrogens with zero attached hydrogens (tertiary/aromatic N) is 2. The Kier molecular flexibility index (Phi) is 4.28. The van der Waals surface area contributed by atoms with Crippen LogP contribution in [0.25, 0.3) is 10.6 Å². The number of carbonyl (C=O) groups excluding carboxylic acids is 1. The van der Waals surface area contributed by atoms with Crippen molar-refractivity contribution >= 4 is 17.2 Å². The fraction of sp³-hybridized carbons (Fsp3) is 0.273. The van der Waals surface area contributed by atoms with Crippen LogP contribution >= 0.6 is 11.3 Å². The molecule has 2 aromatic carbocycles. The zero-order chi connectivity index (χ0) is 19.1. The lowest BCUT2D eigenvalue weighted by Gasteiger charge is -2.16. The summed E-state index contributed by atoms with van der Waals surface area (Å²) in [5.74, 6) is 2.00. The van der Waals surface area contributed by atoms with Crippen LogP contribution in [0.4, 0.5) is 0 Å². The normalized spacial score (nSPS) is 17.9. The number of amides is 1. The second-order valence-electron chi connectivity index (χ2n) is 7.15. The number of rotatable bonds is 3. The van der Waals surface area contributed by atoms with Gasteiger partial charge in [0.05, 0.1) is 5.69 Å². The van der Waals surface area contributed by atoms with Gasteiger partial charge in [-0.3, -0.25) is 4.79 Å². The van der Waals surface area contributed by atoms with E-state index in [4.69, 9.17) is 9.47 Å². The van der Waals surface area contributed by atoms with Gasteiger partial charge in [0.25, 0.3) is 5.91 Å². The number of aromatic nitrogens is 1. The van der Waals surface area contributed by atoms with Gasteiger partial charge in [-0.1, -0.05) is 36.4 Å². The largest absolute Gasteiger partial charge is 0.454 e. The Morgan fingerprint density at radius 2 is 1.96 bits per heavy atom. The quantitative estimate of drug-likeness (QED) is 0.660. The van der Waals surface area contributed by atoms with Gasteiger partial charge in [-0.2, -0.15) is 0 Å². The summed E-state index contributed by atoms with van der Waals surface area (Å²) in [7, 11) is 0. The third-order valence-electron chi connectivity index (χ3n) is 5.36. The first-order valence-corrected chi connectivity index (χ1v) is 10.2. The molecule has 3 aromatic rings. The predicted octanol–water partition coefficient (Wildman–Crippen LogP) is 4.48. The Labute approximate surface area is 167 Å². The first-order valence-electron chi connectivity index (χ1n) is 9.41. The molecule has 1 atom stereocenters. The van der Waals surface area contributed by atoms with Crippen molar-refractivity contribution in [1.82, 2.24) is 9.88 Å². The molecule has 0 saturated carbocycles. The predicted molar refractivity (Wildman–Crippen MR) is 108 cm³/mol. The third-order valence-corrected chi connectivity index (χ3v) is 6.55. The van der Waals surface area contributed by atoms with Gasteiger partial charge in [0.1, 0.15) is 9.88 Å². The summed E-state index contributed by atoms with van der Waals surface area (Å²) in [6.45, 7) is 3.68. The van der Waals surface area contributed by atoms with Crippen molar-refractivity contribution in [2.24, 2.45) is 0 Å². The molecular weight excluding hydrogens is 372 g/mol. The van der Waals surface area contributed by atoms with E-state index >= 15 is 0 Å². The molecule has 0 aliphatic carbocycles. The number of likely N-dealkylation sites (tertiary alicyclic amines) is 1. The minimum absolute atomic E-state index is 0.0837. The van der Waals surface area contributed by atoms with Crippen LogP contribution in [0.15, 0.2) is 48.5 Å². The number of benzene rings is 2. The van der Waals surface area contributed by atoms with E-state index in [1.165, 1.54) is 16.9 Å². The molecule has 3 heterocycles. The molecule has 1 aromatic heterocycles. The number of thiazole rings is 1. The summed E-state index contributed by atoms with van der Waals surface area (Å²) < 4.78 is 10.9. The lowest BCUT2D eigenvalue weighted by molar-refractivity contribution is 0.0794. The van der Waals surface area contributed by atoms with E-state index in [2.05, 4.69) is 11.1 Å². The fourth-order valence-electron chi connectivity index (χ4n) is 3.83. The lowest BCUT2D eigenvalue weighted by Crippen LogP contribution is -2.28. The van der Waals surface area contributed by atoms with E-state index in [-0.39, 0.29) is 12.7 Å². The minimum Gasteiger partial charge on any atom is -0.454 e. The SMILES string of the molecule is Cc1nc(-c2ccccc2)sc1C(=O)N1CCC(c2ccc3c(c2)OCO3)C1. The Bertz CT molecular complexity index is 1030. The van der Waals surface area contributed by atoms with Crippen LogP contribution in [0.2, 0.25) is 0 Å². The van der Waals surface area contributed by atoms with E-state index in [1.54, 1.807) is 0 Å². The fourth-order valence-corrected chi connectivity index (χ4v) is 4.87. The highest BCUT2D eigenvalue weighted by Gasteiger charge is 2.31. The van der Waals surface area contributed by atoms with E-state index in [0.29, 0.717) is 5.92 Å². The molecule has 2 aliphatic heterocycles. The number of fused-ring (bicyclic) bond motifs is 1. The summed E-state index contributed by atoms with van der Waals surface area (Å²) in [5.41, 5.74) is 3.06. The van der Waals surface area contributed by atoms with Gasteiger partial charge in [-0.25, -0.2) is 4.98 Å². The number of aryl methyl sites for hydroxylation is 1. The maximum atomic E-state index is 13.1. The van der Waals surface area contributed by atoms with Crippen molar-refractivity contribution in [3.63, 3.8) is 0 Å². The van der Waals surface area contributed by atoms with Crippen molar-refractivity contribution in [2.45, 2.75) is 19.3 Å². The Morgan fingerprint density at radius 1 is 1.14 bits per heavy atom. The van der Waals surface area contributed by atoms with Gasteiger partial charge in [0, 0.05) is 24.6 Å². The average molecular weight is 392 g/mol. The van der Waals surface area contributed by atoms with Gasteiger partial charge < -0.3 is 14.4 Å². The molecule has 1 saturated heterocycles. The smallest absolute Gasteiger partial charge is 0.265 e. The molecule has 6 heteroatoms. The van der Waals surface area contributed by atoms with Crippen molar-refractivity contribution < 1.29 is 14.3 Å². The van der Waals surface area contributed by atoms with E-state index in [9.17, 15) is 4.79 Å². The first kappa shape index (κ1) is 17.3. The first-order chi connectivity index (χ1) is 13.7. The molecule has 1 amide bonds. The van der Waals surface area contributed by atoms with E-state index in [0.717, 1.165) is 52.2 Å². The van der Waals surface area contributed by atoms with Gasteiger partial charge in [-0.05, 0) is 31.0 Å². The Hall–Kier alpha value is -2.86. The van der Waals surface area contributed by atoms with Crippen LogP contribution in [0.1, 0.15) is 33.3 Å². The summed E-state index contributed by atoms with van der Waals surface area (Å²) >= 11 is 1.48. The van der Waals surface area contributed by atoms with Crippen LogP contribution < -0.4 is 9.47 Å². The maximum absolute atomic E-state index is 13.1. The van der Waals surface area contributed by atoms with Crippen LogP contribution in [0.3, 0.4) is 0 Å². The maximum Gasteiger partial charge on any atom is 0.265 e. The lowest BCUT2D eigenvalue weighted by atomic mass is 9.98. The van der Waals surface area contributed by atoms with Crippen LogP contribution in [-0.2, 0) is 0 Å². The second-order valence-corrected chi connectivity index (χ2v) is 8.15. The van der Waals surface area contributed by atoms with Gasteiger partial charge in [-0.15, -0.1) is 11.3 Å². The molecule has 142 valence electrons. The van der Waals surface area contributed by atoms with Crippen LogP contribution in [0, 0.1) is 6.92 Å². The highest BCUT2D eigenvalue weighted by Crippen LogP contribution is 2.38. The zero-order valence-electron chi connectivity index (χ0n) is 15.6. The molecule has 0 bridgehead atoms.